The zero-order valence-corrected chi connectivity index (χ0v) is 17.7. The molecule has 0 aromatic heterocycles. The van der Waals surface area contributed by atoms with Crippen molar-refractivity contribution in [2.45, 2.75) is 112 Å². The average Bonchev–Trinajstić information content (AvgIpc) is 2.32. The topological polar surface area (TPSA) is 9.23 Å². The van der Waals surface area contributed by atoms with Gasteiger partial charge in [0.05, 0.1) is 11.7 Å². The average molecular weight is 335 g/mol. The third-order valence-electron chi connectivity index (χ3n) is 7.52. The molecule has 0 N–H and O–H groups in total. The lowest BCUT2D eigenvalue weighted by atomic mass is 9.45. The number of ether oxygens (including phenoxy) is 1. The van der Waals surface area contributed by atoms with Gasteiger partial charge in [0.1, 0.15) is 0 Å². The third-order valence-corrected chi connectivity index (χ3v) is 7.52. The summed E-state index contributed by atoms with van der Waals surface area (Å²) >= 11 is 0. The summed E-state index contributed by atoms with van der Waals surface area (Å²) in [6.07, 6.45) is 10.3. The summed E-state index contributed by atoms with van der Waals surface area (Å²) in [6.45, 7) is 19.0. The molecular weight excluding hydrogens is 292 g/mol. The first-order chi connectivity index (χ1) is 10.8. The van der Waals surface area contributed by atoms with Gasteiger partial charge in [-0.15, -0.1) is 0 Å². The standard InChI is InChI=1S/C23H42O/c1-20(2,3)15-19(21(4,5)6)24-22(7,8)23-12-16-9-17(13-23)11-18(10-16)14-23/h16-19H,9-15H2,1-8H3. The first-order valence-electron chi connectivity index (χ1n) is 10.5. The molecular formula is C23H42O. The Bertz CT molecular complexity index is 424. The van der Waals surface area contributed by atoms with E-state index in [-0.39, 0.29) is 11.0 Å². The summed E-state index contributed by atoms with van der Waals surface area (Å²) in [5.41, 5.74) is 0.970. The van der Waals surface area contributed by atoms with Gasteiger partial charge < -0.3 is 4.74 Å². The highest BCUT2D eigenvalue weighted by Gasteiger charge is 2.58. The zero-order chi connectivity index (χ0) is 18.0. The summed E-state index contributed by atoms with van der Waals surface area (Å²) in [4.78, 5) is 0. The first kappa shape index (κ1) is 18.7. The molecule has 140 valence electrons. The van der Waals surface area contributed by atoms with Crippen molar-refractivity contribution < 1.29 is 4.74 Å². The number of rotatable bonds is 4. The van der Waals surface area contributed by atoms with E-state index in [1.807, 2.05) is 0 Å². The lowest BCUT2D eigenvalue weighted by Gasteiger charge is -2.63. The van der Waals surface area contributed by atoms with Crippen LogP contribution in [0.3, 0.4) is 0 Å². The Balaban J connectivity index is 1.81. The van der Waals surface area contributed by atoms with Crippen LogP contribution in [0.1, 0.15) is 100 Å². The van der Waals surface area contributed by atoms with Crippen molar-refractivity contribution in [3.05, 3.63) is 0 Å². The van der Waals surface area contributed by atoms with Gasteiger partial charge in [-0.2, -0.15) is 0 Å². The van der Waals surface area contributed by atoms with Crippen molar-refractivity contribution in [3.8, 4) is 0 Å². The van der Waals surface area contributed by atoms with Gasteiger partial charge >= 0.3 is 0 Å². The predicted molar refractivity (Wildman–Crippen MR) is 103 cm³/mol. The zero-order valence-electron chi connectivity index (χ0n) is 17.7. The molecule has 0 heterocycles. The van der Waals surface area contributed by atoms with E-state index in [9.17, 15) is 0 Å². The summed E-state index contributed by atoms with van der Waals surface area (Å²) in [5, 5.41) is 0. The van der Waals surface area contributed by atoms with Crippen LogP contribution in [0.5, 0.6) is 0 Å². The quantitative estimate of drug-likeness (QED) is 0.546. The molecule has 1 heteroatoms. The molecule has 0 saturated heterocycles. The van der Waals surface area contributed by atoms with Gasteiger partial charge in [-0.1, -0.05) is 41.5 Å². The molecule has 0 aliphatic heterocycles. The second-order valence-electron chi connectivity index (χ2n) is 12.4. The number of hydrogen-bond donors (Lipinski definition) is 0. The molecule has 0 spiro atoms. The molecule has 1 unspecified atom stereocenters. The highest BCUT2D eigenvalue weighted by atomic mass is 16.5. The van der Waals surface area contributed by atoms with Crippen molar-refractivity contribution in [1.29, 1.82) is 0 Å². The third kappa shape index (κ3) is 3.57. The molecule has 0 amide bonds. The van der Waals surface area contributed by atoms with Gasteiger partial charge in [0, 0.05) is 0 Å². The van der Waals surface area contributed by atoms with Crippen molar-refractivity contribution >= 4 is 0 Å². The predicted octanol–water partition coefficient (Wildman–Crippen LogP) is 6.85. The molecule has 0 radical (unpaired) electrons. The largest absolute Gasteiger partial charge is 0.371 e. The fourth-order valence-electron chi connectivity index (χ4n) is 6.41. The van der Waals surface area contributed by atoms with Crippen LogP contribution in [0.4, 0.5) is 0 Å². The monoisotopic (exact) mass is 334 g/mol. The fraction of sp³-hybridized carbons (Fsp3) is 1.00. The molecule has 4 aliphatic carbocycles. The molecule has 0 aromatic carbocycles. The van der Waals surface area contributed by atoms with E-state index < -0.39 is 0 Å². The summed E-state index contributed by atoms with van der Waals surface area (Å²) in [5.74, 6) is 2.99. The van der Waals surface area contributed by atoms with Gasteiger partial charge in [-0.3, -0.25) is 0 Å². The maximum absolute atomic E-state index is 7.06. The Morgan fingerprint density at radius 2 is 1.21 bits per heavy atom. The SMILES string of the molecule is CC(C)(C)CC(OC(C)(C)C12CC3CC(CC(C3)C1)C2)C(C)(C)C. The highest BCUT2D eigenvalue weighted by molar-refractivity contribution is 5.08. The van der Waals surface area contributed by atoms with E-state index in [4.69, 9.17) is 4.74 Å². The van der Waals surface area contributed by atoms with Crippen LogP contribution in [0.25, 0.3) is 0 Å². The van der Waals surface area contributed by atoms with E-state index in [0.717, 1.165) is 24.2 Å². The van der Waals surface area contributed by atoms with Crippen LogP contribution in [-0.2, 0) is 4.74 Å². The Morgan fingerprint density at radius 3 is 1.54 bits per heavy atom. The molecule has 4 rings (SSSR count). The van der Waals surface area contributed by atoms with Crippen molar-refractivity contribution in [1.82, 2.24) is 0 Å². The minimum Gasteiger partial charge on any atom is -0.371 e. The minimum absolute atomic E-state index is 0.00616. The molecule has 0 aromatic rings. The second-order valence-corrected chi connectivity index (χ2v) is 12.4. The van der Waals surface area contributed by atoms with Gasteiger partial charge in [-0.05, 0) is 92.8 Å². The van der Waals surface area contributed by atoms with E-state index in [1.54, 1.807) is 0 Å². The maximum Gasteiger partial charge on any atom is 0.0686 e. The Hall–Kier alpha value is -0.0400. The van der Waals surface area contributed by atoms with E-state index in [1.165, 1.54) is 38.5 Å². The molecule has 4 fully saturated rings. The number of hydrogen-bond acceptors (Lipinski definition) is 1. The van der Waals surface area contributed by atoms with Crippen LogP contribution in [0.2, 0.25) is 0 Å². The minimum atomic E-state index is 0.00616. The van der Waals surface area contributed by atoms with Gasteiger partial charge in [-0.25, -0.2) is 0 Å². The van der Waals surface area contributed by atoms with Crippen LogP contribution >= 0.6 is 0 Å². The lowest BCUT2D eigenvalue weighted by molar-refractivity contribution is -0.227. The molecule has 4 aliphatic rings. The molecule has 4 saturated carbocycles. The van der Waals surface area contributed by atoms with Crippen molar-refractivity contribution in [2.75, 3.05) is 0 Å². The summed E-state index contributed by atoms with van der Waals surface area (Å²) in [6, 6.07) is 0. The van der Waals surface area contributed by atoms with Gasteiger partial charge in [0.25, 0.3) is 0 Å². The van der Waals surface area contributed by atoms with Crippen LogP contribution < -0.4 is 0 Å². The Labute approximate surface area is 151 Å². The Morgan fingerprint density at radius 1 is 0.792 bits per heavy atom. The summed E-state index contributed by atoms with van der Waals surface area (Å²) < 4.78 is 7.06. The fourth-order valence-corrected chi connectivity index (χ4v) is 6.41. The van der Waals surface area contributed by atoms with E-state index in [2.05, 4.69) is 55.4 Å². The molecule has 1 atom stereocenters. The molecule has 1 nitrogen and oxygen atoms in total. The van der Waals surface area contributed by atoms with Crippen LogP contribution in [-0.4, -0.2) is 11.7 Å². The van der Waals surface area contributed by atoms with E-state index in [0.29, 0.717) is 16.9 Å². The second kappa shape index (κ2) is 5.73. The van der Waals surface area contributed by atoms with Crippen LogP contribution in [0.15, 0.2) is 0 Å². The van der Waals surface area contributed by atoms with Crippen LogP contribution in [0, 0.1) is 34.0 Å². The highest BCUT2D eigenvalue weighted by Crippen LogP contribution is 2.64. The van der Waals surface area contributed by atoms with Gasteiger partial charge in [0.15, 0.2) is 0 Å². The normalized spacial score (nSPS) is 37.8. The van der Waals surface area contributed by atoms with Crippen molar-refractivity contribution in [3.63, 3.8) is 0 Å². The molecule has 24 heavy (non-hydrogen) atoms. The van der Waals surface area contributed by atoms with Gasteiger partial charge in [0.2, 0.25) is 0 Å². The maximum atomic E-state index is 7.06. The van der Waals surface area contributed by atoms with Crippen molar-refractivity contribution in [2.24, 2.45) is 34.0 Å². The lowest BCUT2D eigenvalue weighted by Crippen LogP contribution is -2.58. The summed E-state index contributed by atoms with van der Waals surface area (Å²) in [7, 11) is 0. The molecule has 4 bridgehead atoms. The first-order valence-corrected chi connectivity index (χ1v) is 10.5. The van der Waals surface area contributed by atoms with E-state index >= 15 is 0 Å². The Kier molecular flexibility index (Phi) is 4.47. The smallest absolute Gasteiger partial charge is 0.0686 e.